The summed E-state index contributed by atoms with van der Waals surface area (Å²) in [5, 5.41) is 2.90. The van der Waals surface area contributed by atoms with Crippen molar-refractivity contribution in [1.29, 1.82) is 0 Å². The standard InChI is InChI=1S/C30H37N3O4S/c1-5-19-31-30(35)27(6-2)32(21-25-13-9-7-10-14-25)29(34)22-33(28-20-23(3)17-18-24(28)4)38(36,37)26-15-11-8-12-16-26/h7-18,20,27H,5-6,19,21-22H2,1-4H3,(H,31,35)/t27-/m0/s1. The van der Waals surface area contributed by atoms with Gasteiger partial charge in [-0.25, -0.2) is 8.42 Å². The number of amides is 2. The van der Waals surface area contributed by atoms with E-state index in [4.69, 9.17) is 0 Å². The van der Waals surface area contributed by atoms with Gasteiger partial charge >= 0.3 is 0 Å². The summed E-state index contributed by atoms with van der Waals surface area (Å²) < 4.78 is 29.0. The molecule has 0 saturated carbocycles. The molecule has 0 aliphatic rings. The summed E-state index contributed by atoms with van der Waals surface area (Å²) in [5.74, 6) is -0.699. The van der Waals surface area contributed by atoms with Crippen molar-refractivity contribution in [3.8, 4) is 0 Å². The van der Waals surface area contributed by atoms with Crippen LogP contribution in [0.1, 0.15) is 43.4 Å². The first-order chi connectivity index (χ1) is 18.2. The van der Waals surface area contributed by atoms with E-state index >= 15 is 0 Å². The Morgan fingerprint density at radius 2 is 1.53 bits per heavy atom. The molecule has 38 heavy (non-hydrogen) atoms. The lowest BCUT2D eigenvalue weighted by Gasteiger charge is -2.33. The maximum atomic E-state index is 14.0. The molecule has 0 aliphatic carbocycles. The summed E-state index contributed by atoms with van der Waals surface area (Å²) in [6.07, 6.45) is 1.16. The number of hydrogen-bond donors (Lipinski definition) is 1. The van der Waals surface area contributed by atoms with Gasteiger partial charge in [0.05, 0.1) is 10.6 Å². The van der Waals surface area contributed by atoms with Crippen molar-refractivity contribution in [2.45, 2.75) is 58.0 Å². The van der Waals surface area contributed by atoms with Crippen molar-refractivity contribution in [3.63, 3.8) is 0 Å². The molecule has 7 nitrogen and oxygen atoms in total. The summed E-state index contributed by atoms with van der Waals surface area (Å²) in [6.45, 7) is 7.76. The van der Waals surface area contributed by atoms with Crippen LogP contribution >= 0.6 is 0 Å². The molecule has 3 rings (SSSR count). The van der Waals surface area contributed by atoms with E-state index in [9.17, 15) is 18.0 Å². The second-order valence-corrected chi connectivity index (χ2v) is 11.2. The van der Waals surface area contributed by atoms with E-state index < -0.39 is 28.5 Å². The zero-order chi connectivity index (χ0) is 27.7. The third-order valence-electron chi connectivity index (χ3n) is 6.37. The van der Waals surface area contributed by atoms with E-state index in [1.54, 1.807) is 24.3 Å². The van der Waals surface area contributed by atoms with E-state index in [1.807, 2.05) is 70.2 Å². The predicted molar refractivity (Wildman–Crippen MR) is 151 cm³/mol. The zero-order valence-electron chi connectivity index (χ0n) is 22.6. The van der Waals surface area contributed by atoms with E-state index in [0.29, 0.717) is 18.7 Å². The van der Waals surface area contributed by atoms with E-state index in [1.165, 1.54) is 21.3 Å². The number of rotatable bonds is 12. The third kappa shape index (κ3) is 7.01. The number of aryl methyl sites for hydroxylation is 2. The highest BCUT2D eigenvalue weighted by atomic mass is 32.2. The van der Waals surface area contributed by atoms with E-state index in [-0.39, 0.29) is 17.3 Å². The minimum atomic E-state index is -4.08. The molecule has 3 aromatic rings. The monoisotopic (exact) mass is 535 g/mol. The average Bonchev–Trinajstić information content (AvgIpc) is 2.92. The highest BCUT2D eigenvalue weighted by molar-refractivity contribution is 7.92. The molecule has 0 bridgehead atoms. The van der Waals surface area contributed by atoms with Gasteiger partial charge in [0.25, 0.3) is 10.0 Å². The molecule has 0 saturated heterocycles. The zero-order valence-corrected chi connectivity index (χ0v) is 23.4. The number of carbonyl (C=O) groups is 2. The second kappa shape index (κ2) is 13.2. The van der Waals surface area contributed by atoms with Crippen LogP contribution in [0.15, 0.2) is 83.8 Å². The summed E-state index contributed by atoms with van der Waals surface area (Å²) in [5.41, 5.74) is 2.89. The number of anilines is 1. The number of nitrogens with zero attached hydrogens (tertiary/aromatic N) is 2. The SMILES string of the molecule is CCCNC(=O)[C@H](CC)N(Cc1ccccc1)C(=O)CN(c1cc(C)ccc1C)S(=O)(=O)c1ccccc1. The largest absolute Gasteiger partial charge is 0.354 e. The van der Waals surface area contributed by atoms with Crippen molar-refractivity contribution in [3.05, 3.63) is 95.6 Å². The lowest BCUT2D eigenvalue weighted by atomic mass is 10.1. The summed E-state index contributed by atoms with van der Waals surface area (Å²) in [6, 6.07) is 22.3. The Balaban J connectivity index is 2.07. The molecule has 1 N–H and O–H groups in total. The Hall–Kier alpha value is -3.65. The molecular formula is C30H37N3O4S. The number of nitrogens with one attached hydrogen (secondary N) is 1. The second-order valence-electron chi connectivity index (χ2n) is 9.34. The fourth-order valence-electron chi connectivity index (χ4n) is 4.29. The molecule has 0 fully saturated rings. The van der Waals surface area contributed by atoms with Gasteiger partial charge in [-0.2, -0.15) is 0 Å². The fourth-order valence-corrected chi connectivity index (χ4v) is 5.78. The molecule has 0 aromatic heterocycles. The fraction of sp³-hybridized carbons (Fsp3) is 0.333. The summed E-state index contributed by atoms with van der Waals surface area (Å²) in [4.78, 5) is 28.7. The van der Waals surface area contributed by atoms with Crippen LogP contribution in [0.25, 0.3) is 0 Å². The first-order valence-corrected chi connectivity index (χ1v) is 14.4. The van der Waals surface area contributed by atoms with Crippen LogP contribution in [0.5, 0.6) is 0 Å². The predicted octanol–water partition coefficient (Wildman–Crippen LogP) is 4.83. The van der Waals surface area contributed by atoms with Gasteiger partial charge < -0.3 is 10.2 Å². The minimum Gasteiger partial charge on any atom is -0.354 e. The molecule has 8 heteroatoms. The first-order valence-electron chi connectivity index (χ1n) is 12.9. The minimum absolute atomic E-state index is 0.0936. The topological polar surface area (TPSA) is 86.8 Å². The van der Waals surface area contributed by atoms with Crippen LogP contribution < -0.4 is 9.62 Å². The molecule has 0 unspecified atom stereocenters. The van der Waals surface area contributed by atoms with Crippen LogP contribution in [-0.4, -0.2) is 44.3 Å². The van der Waals surface area contributed by atoms with Crippen molar-refractivity contribution >= 4 is 27.5 Å². The van der Waals surface area contributed by atoms with Crippen molar-refractivity contribution in [1.82, 2.24) is 10.2 Å². The molecule has 0 radical (unpaired) electrons. The smallest absolute Gasteiger partial charge is 0.264 e. The van der Waals surface area contributed by atoms with Gasteiger partial charge in [0.15, 0.2) is 0 Å². The van der Waals surface area contributed by atoms with Crippen LogP contribution in [0.4, 0.5) is 5.69 Å². The highest BCUT2D eigenvalue weighted by Crippen LogP contribution is 2.28. The van der Waals surface area contributed by atoms with Gasteiger partial charge in [0, 0.05) is 13.1 Å². The van der Waals surface area contributed by atoms with Gasteiger partial charge in [-0.15, -0.1) is 0 Å². The van der Waals surface area contributed by atoms with Crippen molar-refractivity contribution in [2.24, 2.45) is 0 Å². The van der Waals surface area contributed by atoms with Gasteiger partial charge in [-0.1, -0.05) is 74.5 Å². The number of carbonyl (C=O) groups excluding carboxylic acids is 2. The lowest BCUT2D eigenvalue weighted by Crippen LogP contribution is -2.52. The Morgan fingerprint density at radius 1 is 0.895 bits per heavy atom. The number of benzene rings is 3. The van der Waals surface area contributed by atoms with Gasteiger partial charge in [-0.05, 0) is 61.6 Å². The highest BCUT2D eigenvalue weighted by Gasteiger charge is 2.34. The molecule has 1 atom stereocenters. The Morgan fingerprint density at radius 3 is 2.13 bits per heavy atom. The van der Waals surface area contributed by atoms with E-state index in [0.717, 1.165) is 23.1 Å². The van der Waals surface area contributed by atoms with Crippen LogP contribution in [-0.2, 0) is 26.2 Å². The molecule has 2 amide bonds. The lowest BCUT2D eigenvalue weighted by molar-refractivity contribution is -0.140. The Kier molecular flexibility index (Phi) is 10.1. The molecular weight excluding hydrogens is 498 g/mol. The molecule has 0 aliphatic heterocycles. The molecule has 0 heterocycles. The third-order valence-corrected chi connectivity index (χ3v) is 8.15. The van der Waals surface area contributed by atoms with Crippen LogP contribution in [0.3, 0.4) is 0 Å². The normalized spacial score (nSPS) is 12.0. The number of hydrogen-bond acceptors (Lipinski definition) is 4. The van der Waals surface area contributed by atoms with Crippen LogP contribution in [0.2, 0.25) is 0 Å². The summed E-state index contributed by atoms with van der Waals surface area (Å²) >= 11 is 0. The maximum absolute atomic E-state index is 14.0. The molecule has 202 valence electrons. The van der Waals surface area contributed by atoms with Crippen molar-refractivity contribution in [2.75, 3.05) is 17.4 Å². The van der Waals surface area contributed by atoms with Crippen LogP contribution in [0, 0.1) is 13.8 Å². The van der Waals surface area contributed by atoms with Gasteiger partial charge in [0.2, 0.25) is 11.8 Å². The number of sulfonamides is 1. The van der Waals surface area contributed by atoms with E-state index in [2.05, 4.69) is 5.32 Å². The first kappa shape index (κ1) is 28.9. The maximum Gasteiger partial charge on any atom is 0.264 e. The quantitative estimate of drug-likeness (QED) is 0.360. The Labute approximate surface area is 226 Å². The van der Waals surface area contributed by atoms with Crippen molar-refractivity contribution < 1.29 is 18.0 Å². The molecule has 0 spiro atoms. The van der Waals surface area contributed by atoms with Gasteiger partial charge in [0.1, 0.15) is 12.6 Å². The Bertz CT molecular complexity index is 1330. The van der Waals surface area contributed by atoms with Gasteiger partial charge in [-0.3, -0.25) is 13.9 Å². The summed E-state index contributed by atoms with van der Waals surface area (Å²) in [7, 11) is -4.08. The average molecular weight is 536 g/mol. The molecule has 3 aromatic carbocycles.